The number of terminal acetylenes is 1. The third kappa shape index (κ3) is 4.64. The second-order valence-corrected chi connectivity index (χ2v) is 6.15. The number of alkyl halides is 5. The van der Waals surface area contributed by atoms with E-state index in [1.807, 2.05) is 0 Å². The molecule has 1 heterocycles. The molecule has 0 saturated carbocycles. The van der Waals surface area contributed by atoms with Gasteiger partial charge in [0.1, 0.15) is 23.9 Å². The fraction of sp³-hybridized carbons (Fsp3) is 0.333. The maximum absolute atomic E-state index is 14.5. The van der Waals surface area contributed by atoms with Crippen molar-refractivity contribution in [3.05, 3.63) is 45.1 Å². The first-order valence-electron chi connectivity index (χ1n) is 8.21. The van der Waals surface area contributed by atoms with Crippen molar-refractivity contribution in [1.29, 1.82) is 0 Å². The number of nitrogens with zero attached hydrogens (tertiary/aromatic N) is 2. The summed E-state index contributed by atoms with van der Waals surface area (Å²) in [5, 5.41) is -0.219. The molecule has 0 aliphatic rings. The third-order valence-corrected chi connectivity index (χ3v) is 3.85. The Balaban J connectivity index is 2.74. The number of rotatable bonds is 7. The zero-order chi connectivity index (χ0) is 22.7. The van der Waals surface area contributed by atoms with Crippen molar-refractivity contribution in [2.24, 2.45) is 0 Å². The van der Waals surface area contributed by atoms with Crippen LogP contribution in [0.1, 0.15) is 19.0 Å². The predicted molar refractivity (Wildman–Crippen MR) is 94.9 cm³/mol. The minimum absolute atomic E-state index is 0.0533. The van der Waals surface area contributed by atoms with Crippen molar-refractivity contribution < 1.29 is 35.8 Å². The number of hydrogen-bond acceptors (Lipinski definition) is 4. The molecule has 0 unspecified atom stereocenters. The van der Waals surface area contributed by atoms with Crippen LogP contribution in [0.5, 0.6) is 11.8 Å². The lowest BCUT2D eigenvalue weighted by molar-refractivity contribution is -0.291. The van der Waals surface area contributed by atoms with Gasteiger partial charge < -0.3 is 9.47 Å². The molecule has 1 aromatic carbocycles. The molecule has 1 aromatic heterocycles. The van der Waals surface area contributed by atoms with Crippen molar-refractivity contribution in [2.75, 3.05) is 13.2 Å². The van der Waals surface area contributed by atoms with Crippen molar-refractivity contribution in [1.82, 2.24) is 9.55 Å². The van der Waals surface area contributed by atoms with Crippen molar-refractivity contribution in [2.45, 2.75) is 25.4 Å². The van der Waals surface area contributed by atoms with E-state index >= 15 is 0 Å². The maximum Gasteiger partial charge on any atom is 0.459 e. The minimum Gasteiger partial charge on any atom is -0.479 e. The van der Waals surface area contributed by atoms with Crippen LogP contribution in [0, 0.1) is 18.2 Å². The number of halogens is 7. The molecule has 2 rings (SSSR count). The van der Waals surface area contributed by atoms with Crippen LogP contribution in [0.25, 0.3) is 5.69 Å². The van der Waals surface area contributed by atoms with E-state index in [2.05, 4.69) is 10.9 Å². The van der Waals surface area contributed by atoms with Crippen LogP contribution in [0.4, 0.5) is 26.3 Å². The predicted octanol–water partition coefficient (Wildman–Crippen LogP) is 4.48. The van der Waals surface area contributed by atoms with Gasteiger partial charge >= 0.3 is 18.1 Å². The Morgan fingerprint density at radius 2 is 1.87 bits per heavy atom. The lowest BCUT2D eigenvalue weighted by Crippen LogP contribution is -2.37. The fourth-order valence-electron chi connectivity index (χ4n) is 2.20. The van der Waals surface area contributed by atoms with Gasteiger partial charge in [0.05, 0.1) is 17.3 Å². The standard InChI is InChI=1S/C18H13ClF6N2O3/c1-3-5-29-13-8-12(11(20)7-10(13)19)27-15(28)9-14(17(21,22)18(23,24)25)26-16(27)30-6-4-2/h1,7-9H,4-6H2,2H3. The Hall–Kier alpha value is -2.87. The minimum atomic E-state index is -6.01. The lowest BCUT2D eigenvalue weighted by atomic mass is 10.2. The van der Waals surface area contributed by atoms with E-state index in [0.717, 1.165) is 12.1 Å². The highest BCUT2D eigenvalue weighted by atomic mass is 35.5. The van der Waals surface area contributed by atoms with Gasteiger partial charge in [0.2, 0.25) is 0 Å². The number of aromatic nitrogens is 2. The zero-order valence-corrected chi connectivity index (χ0v) is 16.0. The van der Waals surface area contributed by atoms with E-state index in [9.17, 15) is 31.1 Å². The van der Waals surface area contributed by atoms with Gasteiger partial charge in [-0.25, -0.2) is 8.96 Å². The molecule has 0 aliphatic carbocycles. The first-order valence-corrected chi connectivity index (χ1v) is 8.59. The Morgan fingerprint density at radius 1 is 1.20 bits per heavy atom. The maximum atomic E-state index is 14.5. The van der Waals surface area contributed by atoms with Crippen LogP contribution in [0.2, 0.25) is 5.02 Å². The first kappa shape index (κ1) is 23.4. The molecule has 0 aliphatic heterocycles. The summed E-state index contributed by atoms with van der Waals surface area (Å²) in [5.74, 6) is -4.58. The first-order chi connectivity index (χ1) is 13.9. The monoisotopic (exact) mass is 454 g/mol. The molecule has 0 bridgehead atoms. The van der Waals surface area contributed by atoms with Crippen LogP contribution in [-0.2, 0) is 5.92 Å². The molecule has 0 atom stereocenters. The highest BCUT2D eigenvalue weighted by molar-refractivity contribution is 6.32. The number of hydrogen-bond donors (Lipinski definition) is 0. The molecule has 0 saturated heterocycles. The Labute approximate surface area is 171 Å². The summed E-state index contributed by atoms with van der Waals surface area (Å²) in [6.07, 6.45) is -0.664. The summed E-state index contributed by atoms with van der Waals surface area (Å²) < 4.78 is 90.5. The molecule has 5 nitrogen and oxygen atoms in total. The van der Waals surface area contributed by atoms with E-state index in [4.69, 9.17) is 27.5 Å². The quantitative estimate of drug-likeness (QED) is 0.457. The molecule has 2 aromatic rings. The van der Waals surface area contributed by atoms with E-state index in [0.29, 0.717) is 4.57 Å². The van der Waals surface area contributed by atoms with Crippen molar-refractivity contribution in [3.8, 4) is 29.8 Å². The zero-order valence-electron chi connectivity index (χ0n) is 15.2. The summed E-state index contributed by atoms with van der Waals surface area (Å²) in [6, 6.07) is 0.644. The summed E-state index contributed by atoms with van der Waals surface area (Å²) in [5.41, 5.74) is -3.93. The average molecular weight is 455 g/mol. The largest absolute Gasteiger partial charge is 0.479 e. The SMILES string of the molecule is C#CCOc1cc(-n2c(OCCC)nc(C(F)(F)C(F)(F)F)cc2=O)c(F)cc1Cl. The summed E-state index contributed by atoms with van der Waals surface area (Å²) >= 11 is 5.83. The molecular formula is C18H13ClF6N2O3. The summed E-state index contributed by atoms with van der Waals surface area (Å²) in [6.45, 7) is 1.13. The topological polar surface area (TPSA) is 53.4 Å². The number of ether oxygens (including phenoxy) is 2. The normalized spacial score (nSPS) is 11.8. The van der Waals surface area contributed by atoms with Gasteiger partial charge in [0, 0.05) is 12.1 Å². The van der Waals surface area contributed by atoms with Gasteiger partial charge in [-0.2, -0.15) is 26.9 Å². The highest BCUT2D eigenvalue weighted by Gasteiger charge is 2.60. The fourth-order valence-corrected chi connectivity index (χ4v) is 2.40. The molecule has 0 fully saturated rings. The van der Waals surface area contributed by atoms with Crippen molar-refractivity contribution >= 4 is 11.6 Å². The molecule has 30 heavy (non-hydrogen) atoms. The Bertz CT molecular complexity index is 1030. The highest BCUT2D eigenvalue weighted by Crippen LogP contribution is 2.43. The molecule has 0 radical (unpaired) electrons. The smallest absolute Gasteiger partial charge is 0.459 e. The summed E-state index contributed by atoms with van der Waals surface area (Å²) in [4.78, 5) is 15.6. The molecular weight excluding hydrogens is 442 g/mol. The van der Waals surface area contributed by atoms with Crippen LogP contribution >= 0.6 is 11.6 Å². The van der Waals surface area contributed by atoms with Crippen LogP contribution in [-0.4, -0.2) is 28.9 Å². The molecule has 0 N–H and O–H groups in total. The van der Waals surface area contributed by atoms with E-state index in [-0.39, 0.29) is 36.5 Å². The van der Waals surface area contributed by atoms with Gasteiger partial charge in [-0.15, -0.1) is 6.42 Å². The lowest BCUT2D eigenvalue weighted by Gasteiger charge is -2.21. The van der Waals surface area contributed by atoms with E-state index in [1.54, 1.807) is 6.92 Å². The van der Waals surface area contributed by atoms with Gasteiger partial charge in [-0.1, -0.05) is 24.4 Å². The molecule has 0 amide bonds. The molecule has 162 valence electrons. The van der Waals surface area contributed by atoms with Crippen LogP contribution in [0.15, 0.2) is 23.0 Å². The summed E-state index contributed by atoms with van der Waals surface area (Å²) in [7, 11) is 0. The third-order valence-electron chi connectivity index (χ3n) is 3.55. The molecule has 12 heteroatoms. The second kappa shape index (κ2) is 8.87. The van der Waals surface area contributed by atoms with Crippen molar-refractivity contribution in [3.63, 3.8) is 0 Å². The Kier molecular flexibility index (Phi) is 6.92. The van der Waals surface area contributed by atoms with Gasteiger partial charge in [0.25, 0.3) is 5.56 Å². The average Bonchev–Trinajstić information content (AvgIpc) is 2.65. The second-order valence-electron chi connectivity index (χ2n) is 5.75. The van der Waals surface area contributed by atoms with E-state index < -0.39 is 40.9 Å². The van der Waals surface area contributed by atoms with Crippen LogP contribution in [0.3, 0.4) is 0 Å². The van der Waals surface area contributed by atoms with Gasteiger partial charge in [0.15, 0.2) is 0 Å². The Morgan fingerprint density at radius 3 is 2.43 bits per heavy atom. The number of benzene rings is 1. The van der Waals surface area contributed by atoms with Crippen LogP contribution < -0.4 is 15.0 Å². The van der Waals surface area contributed by atoms with Gasteiger partial charge in [-0.05, 0) is 12.5 Å². The molecule has 0 spiro atoms. The van der Waals surface area contributed by atoms with Gasteiger partial charge in [-0.3, -0.25) is 4.79 Å². The van der Waals surface area contributed by atoms with E-state index in [1.165, 1.54) is 0 Å².